The SMILES string of the molecule is CC(C)OCCCCNCc1ccc2c(c1)OCO2. The Bertz CT molecular complexity index is 393. The molecule has 0 unspecified atom stereocenters. The zero-order chi connectivity index (χ0) is 13.5. The van der Waals surface area contributed by atoms with Crippen molar-refractivity contribution in [3.8, 4) is 11.5 Å². The molecule has 0 fully saturated rings. The molecule has 1 aromatic rings. The minimum absolute atomic E-state index is 0.335. The standard InChI is InChI=1S/C15H23NO3/c1-12(2)17-8-4-3-7-16-10-13-5-6-14-15(9-13)19-11-18-14/h5-6,9,12,16H,3-4,7-8,10-11H2,1-2H3. The Morgan fingerprint density at radius 3 is 2.89 bits per heavy atom. The number of benzene rings is 1. The molecule has 0 aromatic heterocycles. The van der Waals surface area contributed by atoms with Gasteiger partial charge in [0.05, 0.1) is 6.10 Å². The second-order valence-corrected chi connectivity index (χ2v) is 4.99. The lowest BCUT2D eigenvalue weighted by Crippen LogP contribution is -2.15. The van der Waals surface area contributed by atoms with E-state index in [1.54, 1.807) is 0 Å². The van der Waals surface area contributed by atoms with Crippen molar-refractivity contribution >= 4 is 0 Å². The maximum absolute atomic E-state index is 5.50. The van der Waals surface area contributed by atoms with Crippen LogP contribution >= 0.6 is 0 Å². The van der Waals surface area contributed by atoms with Crippen LogP contribution in [0.25, 0.3) is 0 Å². The van der Waals surface area contributed by atoms with E-state index < -0.39 is 0 Å². The van der Waals surface area contributed by atoms with Gasteiger partial charge in [-0.2, -0.15) is 0 Å². The Balaban J connectivity index is 1.58. The third kappa shape index (κ3) is 4.73. The highest BCUT2D eigenvalue weighted by atomic mass is 16.7. The summed E-state index contributed by atoms with van der Waals surface area (Å²) in [6.07, 6.45) is 2.57. The van der Waals surface area contributed by atoms with Gasteiger partial charge >= 0.3 is 0 Å². The fraction of sp³-hybridized carbons (Fsp3) is 0.600. The summed E-state index contributed by atoms with van der Waals surface area (Å²) in [4.78, 5) is 0. The van der Waals surface area contributed by atoms with Gasteiger partial charge in [0, 0.05) is 13.2 Å². The van der Waals surface area contributed by atoms with Gasteiger partial charge in [-0.1, -0.05) is 6.07 Å². The quantitative estimate of drug-likeness (QED) is 0.734. The lowest BCUT2D eigenvalue weighted by atomic mass is 10.2. The minimum atomic E-state index is 0.335. The molecule has 0 saturated carbocycles. The number of hydrogen-bond acceptors (Lipinski definition) is 4. The van der Waals surface area contributed by atoms with Crippen LogP contribution in [0.15, 0.2) is 18.2 Å². The second kappa shape index (κ2) is 7.36. The maximum Gasteiger partial charge on any atom is 0.231 e. The normalized spacial score (nSPS) is 13.2. The highest BCUT2D eigenvalue weighted by Crippen LogP contribution is 2.32. The number of ether oxygens (including phenoxy) is 3. The molecule has 0 amide bonds. The zero-order valence-electron chi connectivity index (χ0n) is 11.8. The number of unbranched alkanes of at least 4 members (excludes halogenated alkanes) is 1. The Morgan fingerprint density at radius 2 is 2.05 bits per heavy atom. The van der Waals surface area contributed by atoms with Gasteiger partial charge < -0.3 is 19.5 Å². The topological polar surface area (TPSA) is 39.7 Å². The highest BCUT2D eigenvalue weighted by molar-refractivity contribution is 5.44. The lowest BCUT2D eigenvalue weighted by molar-refractivity contribution is 0.0760. The smallest absolute Gasteiger partial charge is 0.231 e. The Labute approximate surface area is 115 Å². The molecule has 1 aliphatic heterocycles. The molecule has 1 N–H and O–H groups in total. The first kappa shape index (κ1) is 14.2. The number of rotatable bonds is 8. The van der Waals surface area contributed by atoms with Crippen molar-refractivity contribution in [3.05, 3.63) is 23.8 Å². The molecule has 0 aliphatic carbocycles. The van der Waals surface area contributed by atoms with Crippen molar-refractivity contribution in [2.45, 2.75) is 39.3 Å². The first-order valence-corrected chi connectivity index (χ1v) is 6.96. The molecule has 0 saturated heterocycles. The predicted molar refractivity (Wildman–Crippen MR) is 74.6 cm³/mol. The van der Waals surface area contributed by atoms with E-state index in [1.807, 2.05) is 12.1 Å². The molecule has 0 atom stereocenters. The van der Waals surface area contributed by atoms with Crippen molar-refractivity contribution in [1.82, 2.24) is 5.32 Å². The maximum atomic E-state index is 5.50. The van der Waals surface area contributed by atoms with Gasteiger partial charge in [0.2, 0.25) is 6.79 Å². The summed E-state index contributed by atoms with van der Waals surface area (Å²) in [5, 5.41) is 3.43. The molecule has 1 aliphatic rings. The second-order valence-electron chi connectivity index (χ2n) is 4.99. The predicted octanol–water partition coefficient (Wildman–Crippen LogP) is 2.71. The van der Waals surface area contributed by atoms with Gasteiger partial charge in [0.1, 0.15) is 0 Å². The fourth-order valence-corrected chi connectivity index (χ4v) is 1.95. The van der Waals surface area contributed by atoms with E-state index in [4.69, 9.17) is 14.2 Å². The van der Waals surface area contributed by atoms with Crippen LogP contribution in [0.3, 0.4) is 0 Å². The van der Waals surface area contributed by atoms with E-state index >= 15 is 0 Å². The molecular formula is C15H23NO3. The molecule has 0 spiro atoms. The van der Waals surface area contributed by atoms with Crippen LogP contribution in [0.2, 0.25) is 0 Å². The lowest BCUT2D eigenvalue weighted by Gasteiger charge is -2.08. The van der Waals surface area contributed by atoms with Crippen LogP contribution in [0, 0.1) is 0 Å². The van der Waals surface area contributed by atoms with Crippen molar-refractivity contribution in [2.75, 3.05) is 19.9 Å². The first-order chi connectivity index (χ1) is 9.25. The Morgan fingerprint density at radius 1 is 1.21 bits per heavy atom. The molecular weight excluding hydrogens is 242 g/mol. The summed E-state index contributed by atoms with van der Waals surface area (Å²) < 4.78 is 16.1. The van der Waals surface area contributed by atoms with Gasteiger partial charge in [-0.05, 0) is 50.9 Å². The molecule has 0 radical (unpaired) electrons. The average Bonchev–Trinajstić information content (AvgIpc) is 2.84. The van der Waals surface area contributed by atoms with E-state index in [2.05, 4.69) is 25.2 Å². The third-order valence-corrected chi connectivity index (χ3v) is 2.97. The highest BCUT2D eigenvalue weighted by Gasteiger charge is 2.12. The molecule has 106 valence electrons. The minimum Gasteiger partial charge on any atom is -0.454 e. The largest absolute Gasteiger partial charge is 0.454 e. The molecule has 19 heavy (non-hydrogen) atoms. The van der Waals surface area contributed by atoms with Crippen molar-refractivity contribution in [3.63, 3.8) is 0 Å². The van der Waals surface area contributed by atoms with E-state index in [0.29, 0.717) is 12.9 Å². The van der Waals surface area contributed by atoms with Crippen LogP contribution in [0.4, 0.5) is 0 Å². The average molecular weight is 265 g/mol. The van der Waals surface area contributed by atoms with Gasteiger partial charge in [-0.3, -0.25) is 0 Å². The monoisotopic (exact) mass is 265 g/mol. The van der Waals surface area contributed by atoms with E-state index in [-0.39, 0.29) is 0 Å². The Kier molecular flexibility index (Phi) is 5.48. The molecule has 2 rings (SSSR count). The molecule has 4 heteroatoms. The summed E-state index contributed by atoms with van der Waals surface area (Å²) in [7, 11) is 0. The van der Waals surface area contributed by atoms with Crippen LogP contribution in [0.5, 0.6) is 11.5 Å². The van der Waals surface area contributed by atoms with Crippen molar-refractivity contribution in [2.24, 2.45) is 0 Å². The fourth-order valence-electron chi connectivity index (χ4n) is 1.95. The molecule has 4 nitrogen and oxygen atoms in total. The number of hydrogen-bond donors (Lipinski definition) is 1. The van der Waals surface area contributed by atoms with Crippen LogP contribution in [-0.4, -0.2) is 26.0 Å². The summed E-state index contributed by atoms with van der Waals surface area (Å²) >= 11 is 0. The van der Waals surface area contributed by atoms with Crippen LogP contribution < -0.4 is 14.8 Å². The van der Waals surface area contributed by atoms with Crippen LogP contribution in [0.1, 0.15) is 32.3 Å². The number of fused-ring (bicyclic) bond motifs is 1. The summed E-state index contributed by atoms with van der Waals surface area (Å²) in [6.45, 7) is 7.19. The van der Waals surface area contributed by atoms with E-state index in [9.17, 15) is 0 Å². The van der Waals surface area contributed by atoms with E-state index in [0.717, 1.165) is 44.0 Å². The Hall–Kier alpha value is -1.26. The first-order valence-electron chi connectivity index (χ1n) is 6.96. The molecule has 0 bridgehead atoms. The summed E-state index contributed by atoms with van der Waals surface area (Å²) in [5.74, 6) is 1.69. The van der Waals surface area contributed by atoms with Crippen LogP contribution in [-0.2, 0) is 11.3 Å². The van der Waals surface area contributed by atoms with Crippen molar-refractivity contribution in [1.29, 1.82) is 0 Å². The zero-order valence-corrected chi connectivity index (χ0v) is 11.8. The van der Waals surface area contributed by atoms with E-state index in [1.165, 1.54) is 5.56 Å². The van der Waals surface area contributed by atoms with Gasteiger partial charge in [0.15, 0.2) is 11.5 Å². The van der Waals surface area contributed by atoms with Gasteiger partial charge in [-0.25, -0.2) is 0 Å². The van der Waals surface area contributed by atoms with Gasteiger partial charge in [0.25, 0.3) is 0 Å². The summed E-state index contributed by atoms with van der Waals surface area (Å²) in [6, 6.07) is 6.08. The van der Waals surface area contributed by atoms with Gasteiger partial charge in [-0.15, -0.1) is 0 Å². The van der Waals surface area contributed by atoms with Crippen molar-refractivity contribution < 1.29 is 14.2 Å². The molecule has 1 heterocycles. The number of nitrogens with one attached hydrogen (secondary N) is 1. The third-order valence-electron chi connectivity index (χ3n) is 2.97. The summed E-state index contributed by atoms with van der Waals surface area (Å²) in [5.41, 5.74) is 1.22. The molecule has 1 aromatic carbocycles.